The Morgan fingerprint density at radius 3 is 1.90 bits per heavy atom. The van der Waals surface area contributed by atoms with E-state index in [-0.39, 0.29) is 11.1 Å². The van der Waals surface area contributed by atoms with Crippen LogP contribution in [-0.2, 0) is 14.3 Å². The van der Waals surface area contributed by atoms with Gasteiger partial charge in [-0.2, -0.15) is 0 Å². The zero-order chi connectivity index (χ0) is 22.3. The molecule has 158 valence electrons. The third-order valence-corrected chi connectivity index (χ3v) is 4.50. The van der Waals surface area contributed by atoms with Crippen molar-refractivity contribution in [3.63, 3.8) is 0 Å². The third kappa shape index (κ3) is 4.81. The Labute approximate surface area is 175 Å². The molecular weight excluding hydrogens is 386 g/mol. The molecule has 0 aromatic heterocycles. The predicted octanol–water partition coefficient (Wildman–Crippen LogP) is 3.23. The molecule has 0 saturated heterocycles. The molecule has 2 N–H and O–H groups in total. The van der Waals surface area contributed by atoms with E-state index in [0.717, 1.165) is 5.56 Å². The Balaban J connectivity index is 2.77. The highest BCUT2D eigenvalue weighted by atomic mass is 16.5. The molecule has 0 radical (unpaired) electrons. The van der Waals surface area contributed by atoms with Crippen LogP contribution in [0.5, 0.6) is 17.2 Å². The summed E-state index contributed by atoms with van der Waals surface area (Å²) < 4.78 is 21.0. The van der Waals surface area contributed by atoms with Crippen molar-refractivity contribution in [1.82, 2.24) is 0 Å². The molecule has 0 aliphatic heterocycles. The Morgan fingerprint density at radius 1 is 0.900 bits per heavy atom. The van der Waals surface area contributed by atoms with E-state index in [1.165, 1.54) is 34.5 Å². The first-order valence-corrected chi connectivity index (χ1v) is 9.04. The number of carbonyl (C=O) groups excluding carboxylic acids is 2. The summed E-state index contributed by atoms with van der Waals surface area (Å²) in [5.74, 6) is -0.246. The first kappa shape index (κ1) is 22.5. The molecule has 0 aliphatic carbocycles. The molecule has 0 saturated carbocycles. The minimum absolute atomic E-state index is 0.0145. The summed E-state index contributed by atoms with van der Waals surface area (Å²) in [6.45, 7) is 1.72. The molecule has 0 heterocycles. The normalized spacial score (nSPS) is 12.0. The van der Waals surface area contributed by atoms with Crippen molar-refractivity contribution >= 4 is 23.5 Å². The topological polar surface area (TPSA) is 97.1 Å². The minimum atomic E-state index is -0.750. The highest BCUT2D eigenvalue weighted by molar-refractivity contribution is 6.15. The summed E-state index contributed by atoms with van der Waals surface area (Å²) in [4.78, 5) is 25.0. The Bertz CT molecular complexity index is 967. The van der Waals surface area contributed by atoms with Crippen LogP contribution < -0.4 is 19.9 Å². The van der Waals surface area contributed by atoms with E-state index in [9.17, 15) is 9.59 Å². The van der Waals surface area contributed by atoms with Crippen molar-refractivity contribution in [2.45, 2.75) is 6.92 Å². The summed E-state index contributed by atoms with van der Waals surface area (Å²) >= 11 is 0. The van der Waals surface area contributed by atoms with Crippen LogP contribution in [-0.4, -0.2) is 40.3 Å². The standard InChI is InChI=1S/C23H25NO6/c1-14(16-9-7-6-8-10-16)20(22(24)25)17(23(26)30-5)11-15-12-18(27-2)21(29-4)19(13-15)28-3/h6-13H,1-5H3,(H2,24,25)/b17-11+,20-14+. The fourth-order valence-electron chi connectivity index (χ4n) is 3.05. The summed E-state index contributed by atoms with van der Waals surface area (Å²) in [5, 5.41) is 0. The van der Waals surface area contributed by atoms with Crippen LogP contribution in [0.3, 0.4) is 0 Å². The summed E-state index contributed by atoms with van der Waals surface area (Å²) in [6, 6.07) is 12.5. The number of rotatable bonds is 8. The zero-order valence-corrected chi connectivity index (χ0v) is 17.6. The van der Waals surface area contributed by atoms with Gasteiger partial charge in [0.2, 0.25) is 11.7 Å². The Kier molecular flexibility index (Phi) is 7.63. The molecule has 2 aromatic rings. The van der Waals surface area contributed by atoms with E-state index in [4.69, 9.17) is 24.7 Å². The van der Waals surface area contributed by atoms with Gasteiger partial charge in [-0.25, -0.2) is 4.79 Å². The molecule has 2 aromatic carbocycles. The monoisotopic (exact) mass is 411 g/mol. The quantitative estimate of drug-likeness (QED) is 0.407. The minimum Gasteiger partial charge on any atom is -0.493 e. The van der Waals surface area contributed by atoms with Gasteiger partial charge in [0, 0.05) is 0 Å². The van der Waals surface area contributed by atoms with Crippen molar-refractivity contribution in [3.05, 3.63) is 64.7 Å². The maximum atomic E-state index is 12.6. The van der Waals surface area contributed by atoms with Gasteiger partial charge in [0.05, 0.1) is 39.6 Å². The zero-order valence-electron chi connectivity index (χ0n) is 17.6. The van der Waals surface area contributed by atoms with Gasteiger partial charge in [0.25, 0.3) is 0 Å². The first-order chi connectivity index (χ1) is 14.4. The van der Waals surface area contributed by atoms with Crippen LogP contribution in [0.25, 0.3) is 11.6 Å². The number of nitrogens with two attached hydrogens (primary N) is 1. The summed E-state index contributed by atoms with van der Waals surface area (Å²) in [6.07, 6.45) is 1.50. The fourth-order valence-corrected chi connectivity index (χ4v) is 3.05. The molecule has 2 rings (SSSR count). The van der Waals surface area contributed by atoms with E-state index in [0.29, 0.717) is 28.4 Å². The molecule has 0 unspecified atom stereocenters. The van der Waals surface area contributed by atoms with Crippen LogP contribution in [0.1, 0.15) is 18.1 Å². The number of hydrogen-bond acceptors (Lipinski definition) is 6. The van der Waals surface area contributed by atoms with Crippen LogP contribution in [0.2, 0.25) is 0 Å². The number of carbonyl (C=O) groups is 2. The van der Waals surface area contributed by atoms with E-state index in [1.807, 2.05) is 30.3 Å². The highest BCUT2D eigenvalue weighted by Gasteiger charge is 2.24. The lowest BCUT2D eigenvalue weighted by Crippen LogP contribution is -2.21. The van der Waals surface area contributed by atoms with Gasteiger partial charge in [-0.15, -0.1) is 0 Å². The second-order valence-corrected chi connectivity index (χ2v) is 6.24. The molecule has 7 heteroatoms. The lowest BCUT2D eigenvalue weighted by molar-refractivity contribution is -0.136. The van der Waals surface area contributed by atoms with Crippen molar-refractivity contribution in [1.29, 1.82) is 0 Å². The molecule has 0 aliphatic rings. The van der Waals surface area contributed by atoms with Gasteiger partial charge in [-0.3, -0.25) is 4.79 Å². The van der Waals surface area contributed by atoms with E-state index < -0.39 is 11.9 Å². The molecule has 0 spiro atoms. The second kappa shape index (κ2) is 10.2. The van der Waals surface area contributed by atoms with Gasteiger partial charge in [0.15, 0.2) is 11.5 Å². The van der Waals surface area contributed by atoms with Gasteiger partial charge >= 0.3 is 5.97 Å². The number of primary amides is 1. The van der Waals surface area contributed by atoms with Crippen LogP contribution in [0.4, 0.5) is 0 Å². The number of benzene rings is 2. The van der Waals surface area contributed by atoms with Crippen molar-refractivity contribution in [2.24, 2.45) is 5.73 Å². The Hall–Kier alpha value is -3.74. The maximum absolute atomic E-state index is 12.6. The molecule has 1 amide bonds. The van der Waals surface area contributed by atoms with Gasteiger partial charge in [0.1, 0.15) is 0 Å². The first-order valence-electron chi connectivity index (χ1n) is 9.04. The fraction of sp³-hybridized carbons (Fsp3) is 0.217. The van der Waals surface area contributed by atoms with E-state index >= 15 is 0 Å². The number of hydrogen-bond donors (Lipinski definition) is 1. The van der Waals surface area contributed by atoms with Crippen molar-refractivity contribution in [2.75, 3.05) is 28.4 Å². The molecule has 0 fully saturated rings. The molecule has 0 bridgehead atoms. The van der Waals surface area contributed by atoms with Crippen LogP contribution >= 0.6 is 0 Å². The molecule has 7 nitrogen and oxygen atoms in total. The lowest BCUT2D eigenvalue weighted by Gasteiger charge is -2.15. The van der Waals surface area contributed by atoms with Gasteiger partial charge in [-0.1, -0.05) is 30.3 Å². The van der Waals surface area contributed by atoms with Gasteiger partial charge in [-0.05, 0) is 41.8 Å². The lowest BCUT2D eigenvalue weighted by atomic mass is 9.93. The van der Waals surface area contributed by atoms with E-state index in [1.54, 1.807) is 19.1 Å². The molecule has 0 atom stereocenters. The summed E-state index contributed by atoms with van der Waals surface area (Å²) in [5.41, 5.74) is 7.57. The molecule has 30 heavy (non-hydrogen) atoms. The average molecular weight is 411 g/mol. The largest absolute Gasteiger partial charge is 0.493 e. The van der Waals surface area contributed by atoms with Crippen molar-refractivity contribution < 1.29 is 28.5 Å². The third-order valence-electron chi connectivity index (χ3n) is 4.50. The number of ether oxygens (including phenoxy) is 4. The smallest absolute Gasteiger partial charge is 0.338 e. The Morgan fingerprint density at radius 2 is 1.47 bits per heavy atom. The van der Waals surface area contributed by atoms with Crippen LogP contribution in [0, 0.1) is 0 Å². The van der Waals surface area contributed by atoms with Gasteiger partial charge < -0.3 is 24.7 Å². The summed E-state index contributed by atoms with van der Waals surface area (Å²) in [7, 11) is 5.70. The van der Waals surface area contributed by atoms with Crippen molar-refractivity contribution in [3.8, 4) is 17.2 Å². The van der Waals surface area contributed by atoms with Crippen LogP contribution in [0.15, 0.2) is 53.6 Å². The van der Waals surface area contributed by atoms with E-state index in [2.05, 4.69) is 0 Å². The highest BCUT2D eigenvalue weighted by Crippen LogP contribution is 2.39. The molecular formula is C23H25NO6. The maximum Gasteiger partial charge on any atom is 0.338 e. The number of methoxy groups -OCH3 is 4. The number of allylic oxidation sites excluding steroid dienone is 1. The average Bonchev–Trinajstić information content (AvgIpc) is 2.77. The number of esters is 1. The number of amides is 1. The SMILES string of the molecule is COC(=O)C(=C/c1cc(OC)c(OC)c(OC)c1)/C(C(N)=O)=C(/C)c1ccccc1. The predicted molar refractivity (Wildman–Crippen MR) is 114 cm³/mol. The second-order valence-electron chi connectivity index (χ2n) is 6.24.